The molecule has 0 N–H and O–H groups in total. The molecular weight excluding hydrogens is 887 g/mol. The zero-order valence-corrected chi connectivity index (χ0v) is 39.7. The number of benzene rings is 12. The van der Waals surface area contributed by atoms with Crippen molar-refractivity contribution < 1.29 is 0 Å². The molecule has 0 saturated heterocycles. The molecule has 13 aromatic rings. The van der Waals surface area contributed by atoms with E-state index in [0.717, 1.165) is 111 Å². The van der Waals surface area contributed by atoms with Crippen LogP contribution >= 0.6 is 0 Å². The smallest absolute Gasteiger partial charge is 0.145 e. The first kappa shape index (κ1) is 43.0. The lowest BCUT2D eigenvalue weighted by atomic mass is 9.93. The summed E-state index contributed by atoms with van der Waals surface area (Å²) in [5.74, 6) is 0.835. The van der Waals surface area contributed by atoms with Gasteiger partial charge in [-0.2, -0.15) is 5.26 Å². The molecule has 0 aliphatic rings. The first-order valence-electron chi connectivity index (χ1n) is 24.6. The minimum atomic E-state index is 0.607. The molecule has 0 bridgehead atoms. The molecule has 0 aliphatic heterocycles. The van der Waals surface area contributed by atoms with Crippen molar-refractivity contribution in [3.05, 3.63) is 279 Å². The van der Waals surface area contributed by atoms with Crippen molar-refractivity contribution in [2.24, 2.45) is 0 Å². The summed E-state index contributed by atoms with van der Waals surface area (Å²) in [6, 6.07) is 98.8. The largest absolute Gasteiger partial charge is 0.311 e. The van der Waals surface area contributed by atoms with E-state index in [1.807, 2.05) is 24.3 Å². The summed E-state index contributed by atoms with van der Waals surface area (Å²) in [5.41, 5.74) is 15.5. The highest BCUT2D eigenvalue weighted by molar-refractivity contribution is 6.25. The summed E-state index contributed by atoms with van der Waals surface area (Å²) >= 11 is 0. The molecule has 0 spiro atoms. The predicted octanol–water partition coefficient (Wildman–Crippen LogP) is 18.3. The van der Waals surface area contributed by atoms with Crippen LogP contribution in [0.5, 0.6) is 0 Å². The molecule has 342 valence electrons. The fourth-order valence-corrected chi connectivity index (χ4v) is 10.4. The average molecular weight is 932 g/mol. The third-order valence-corrected chi connectivity index (χ3v) is 14.0. The highest BCUT2D eigenvalue weighted by Crippen LogP contribution is 2.44. The number of fused-ring (bicyclic) bond motifs is 7. The Bertz CT molecular complexity index is 4090. The number of imidazole rings is 1. The van der Waals surface area contributed by atoms with E-state index in [4.69, 9.17) is 4.98 Å². The number of nitriles is 1. The lowest BCUT2D eigenvalue weighted by Gasteiger charge is -2.25. The normalized spacial score (nSPS) is 11.3. The first-order valence-corrected chi connectivity index (χ1v) is 24.6. The lowest BCUT2D eigenvalue weighted by molar-refractivity contribution is 1.11. The van der Waals surface area contributed by atoms with Crippen LogP contribution in [0.3, 0.4) is 0 Å². The summed E-state index contributed by atoms with van der Waals surface area (Å²) in [6.45, 7) is 0. The molecule has 1 aromatic heterocycles. The maximum atomic E-state index is 9.85. The molecule has 0 atom stereocenters. The molecule has 0 saturated carbocycles. The zero-order chi connectivity index (χ0) is 48.7. The van der Waals surface area contributed by atoms with Crippen LogP contribution in [-0.2, 0) is 0 Å². The highest BCUT2D eigenvalue weighted by Gasteiger charge is 2.22. The first-order chi connectivity index (χ1) is 36.1. The minimum absolute atomic E-state index is 0.607. The Kier molecular flexibility index (Phi) is 10.8. The SMILES string of the molecule is N#Cc1ccc(-n2c(-c3ccc4ccccc4c3)nc3c4ccc(-c5ccc(N(c6ccccc6)c6ccccc6)cc5)cc4c4cc(-c5ccc(N(c6ccccc6)c6ccccc6)cc5)ccc4c32)cc1. The fourth-order valence-electron chi connectivity index (χ4n) is 10.4. The van der Waals surface area contributed by atoms with Crippen molar-refractivity contribution in [2.75, 3.05) is 9.80 Å². The summed E-state index contributed by atoms with van der Waals surface area (Å²) < 4.78 is 2.29. The Morgan fingerprint density at radius 2 is 0.740 bits per heavy atom. The Morgan fingerprint density at radius 1 is 0.329 bits per heavy atom. The van der Waals surface area contributed by atoms with Crippen LogP contribution in [0.4, 0.5) is 34.1 Å². The van der Waals surface area contributed by atoms with Gasteiger partial charge in [0, 0.05) is 56.1 Å². The summed E-state index contributed by atoms with van der Waals surface area (Å²) in [5, 5.41) is 16.6. The van der Waals surface area contributed by atoms with Crippen molar-refractivity contribution in [3.63, 3.8) is 0 Å². The zero-order valence-electron chi connectivity index (χ0n) is 39.7. The summed E-state index contributed by atoms with van der Waals surface area (Å²) in [6.07, 6.45) is 0. The Labute approximate surface area is 424 Å². The van der Waals surface area contributed by atoms with Crippen molar-refractivity contribution >= 4 is 77.5 Å². The van der Waals surface area contributed by atoms with E-state index >= 15 is 0 Å². The number of anilines is 6. The van der Waals surface area contributed by atoms with Gasteiger partial charge in [-0.3, -0.25) is 4.57 Å². The van der Waals surface area contributed by atoms with Crippen LogP contribution in [0, 0.1) is 11.3 Å². The molecule has 5 heteroatoms. The van der Waals surface area contributed by atoms with Crippen molar-refractivity contribution in [1.29, 1.82) is 5.26 Å². The van der Waals surface area contributed by atoms with Crippen LogP contribution in [0.25, 0.3) is 82.7 Å². The molecule has 12 aromatic carbocycles. The van der Waals surface area contributed by atoms with Crippen LogP contribution in [0.1, 0.15) is 5.56 Å². The van der Waals surface area contributed by atoms with Gasteiger partial charge in [0.15, 0.2) is 0 Å². The van der Waals surface area contributed by atoms with Gasteiger partial charge < -0.3 is 9.80 Å². The van der Waals surface area contributed by atoms with Crippen molar-refractivity contribution in [3.8, 4) is 45.4 Å². The molecular formula is C68H45N5. The molecule has 1 heterocycles. The van der Waals surface area contributed by atoms with E-state index in [1.54, 1.807) is 0 Å². The van der Waals surface area contributed by atoms with Crippen LogP contribution < -0.4 is 9.80 Å². The van der Waals surface area contributed by atoms with Crippen LogP contribution in [-0.4, -0.2) is 9.55 Å². The molecule has 73 heavy (non-hydrogen) atoms. The van der Waals surface area contributed by atoms with E-state index < -0.39 is 0 Å². The second-order valence-electron chi connectivity index (χ2n) is 18.3. The van der Waals surface area contributed by atoms with Gasteiger partial charge in [0.1, 0.15) is 5.82 Å². The Morgan fingerprint density at radius 3 is 1.23 bits per heavy atom. The highest BCUT2D eigenvalue weighted by atomic mass is 15.1. The number of rotatable bonds is 10. The monoisotopic (exact) mass is 931 g/mol. The molecule has 0 fully saturated rings. The van der Waals surface area contributed by atoms with E-state index in [2.05, 4.69) is 269 Å². The minimum Gasteiger partial charge on any atom is -0.311 e. The lowest BCUT2D eigenvalue weighted by Crippen LogP contribution is -2.09. The number of hydrogen-bond acceptors (Lipinski definition) is 4. The van der Waals surface area contributed by atoms with E-state index in [0.29, 0.717) is 5.56 Å². The molecule has 0 unspecified atom stereocenters. The fraction of sp³-hybridized carbons (Fsp3) is 0. The van der Waals surface area contributed by atoms with Crippen molar-refractivity contribution in [1.82, 2.24) is 9.55 Å². The van der Waals surface area contributed by atoms with E-state index in [-0.39, 0.29) is 0 Å². The molecule has 0 amide bonds. The number of para-hydroxylation sites is 4. The third-order valence-electron chi connectivity index (χ3n) is 14.0. The van der Waals surface area contributed by atoms with E-state index in [1.165, 1.54) is 5.39 Å². The summed E-state index contributed by atoms with van der Waals surface area (Å²) in [4.78, 5) is 10.2. The maximum Gasteiger partial charge on any atom is 0.145 e. The van der Waals surface area contributed by atoms with Crippen molar-refractivity contribution in [2.45, 2.75) is 0 Å². The van der Waals surface area contributed by atoms with Gasteiger partial charge in [-0.25, -0.2) is 4.98 Å². The van der Waals surface area contributed by atoms with Gasteiger partial charge in [-0.05, 0) is 159 Å². The third kappa shape index (κ3) is 7.90. The van der Waals surface area contributed by atoms with Gasteiger partial charge in [0.2, 0.25) is 0 Å². The van der Waals surface area contributed by atoms with E-state index in [9.17, 15) is 5.26 Å². The van der Waals surface area contributed by atoms with Crippen LogP contribution in [0.2, 0.25) is 0 Å². The maximum absolute atomic E-state index is 9.85. The molecule has 0 aliphatic carbocycles. The van der Waals surface area contributed by atoms with Gasteiger partial charge in [0.05, 0.1) is 22.7 Å². The predicted molar refractivity (Wildman–Crippen MR) is 304 cm³/mol. The number of hydrogen-bond donors (Lipinski definition) is 0. The number of nitrogens with zero attached hydrogens (tertiary/aromatic N) is 5. The van der Waals surface area contributed by atoms with Gasteiger partial charge in [-0.15, -0.1) is 0 Å². The topological polar surface area (TPSA) is 48.1 Å². The van der Waals surface area contributed by atoms with Gasteiger partial charge in [0.25, 0.3) is 0 Å². The van der Waals surface area contributed by atoms with Gasteiger partial charge in [-0.1, -0.05) is 158 Å². The van der Waals surface area contributed by atoms with Gasteiger partial charge >= 0.3 is 0 Å². The Balaban J connectivity index is 1.01. The summed E-state index contributed by atoms with van der Waals surface area (Å²) in [7, 11) is 0. The molecule has 5 nitrogen and oxygen atoms in total. The average Bonchev–Trinajstić information content (AvgIpc) is 3.88. The second-order valence-corrected chi connectivity index (χ2v) is 18.3. The standard InChI is InChI=1S/C68H45N5/c69-46-47-25-35-61(36-26-47)73-67-63-42-34-53(50-31-39-60(40-32-50)72(57-21-9-3-10-22-57)58-23-11-4-12-24-58)45-65(63)64-44-52(33-41-62(64)66(67)70-68(73)54-28-27-48-15-13-14-16-51(48)43-54)49-29-37-59(38-30-49)71(55-17-5-1-6-18-55)56-19-7-2-8-20-56/h1-45H. The molecule has 0 radical (unpaired) electrons. The Hall–Kier alpha value is -10.0. The molecule has 13 rings (SSSR count). The second kappa shape index (κ2) is 18.4. The number of aromatic nitrogens is 2. The quantitative estimate of drug-likeness (QED) is 0.128. The van der Waals surface area contributed by atoms with Crippen LogP contribution in [0.15, 0.2) is 273 Å².